The molecule has 2 aromatic heterocycles. The molecule has 3 aromatic rings. The molecule has 7 nitrogen and oxygen atoms in total. The summed E-state index contributed by atoms with van der Waals surface area (Å²) in [6.45, 7) is 12.0. The molecule has 0 spiro atoms. The Hall–Kier alpha value is -2.65. The van der Waals surface area contributed by atoms with Gasteiger partial charge < -0.3 is 14.5 Å². The van der Waals surface area contributed by atoms with Crippen LogP contribution in [-0.2, 0) is 17.9 Å². The quantitative estimate of drug-likeness (QED) is 0.464. The van der Waals surface area contributed by atoms with Gasteiger partial charge in [0.15, 0.2) is 5.82 Å². The Morgan fingerprint density at radius 1 is 1.22 bits per heavy atom. The summed E-state index contributed by atoms with van der Waals surface area (Å²) in [5.74, 6) is 0.895. The number of aryl methyl sites for hydroxylation is 2. The van der Waals surface area contributed by atoms with Crippen LogP contribution in [0.15, 0.2) is 47.7 Å². The summed E-state index contributed by atoms with van der Waals surface area (Å²) >= 11 is 5.17. The molecular formula is C23H26BrN5O2S. The number of carbonyl (C=O) groups is 1. The van der Waals surface area contributed by atoms with Crippen LogP contribution in [0.3, 0.4) is 0 Å². The number of hydrogen-bond acceptors (Lipinski definition) is 6. The van der Waals surface area contributed by atoms with E-state index in [1.807, 2.05) is 48.1 Å². The van der Waals surface area contributed by atoms with E-state index in [-0.39, 0.29) is 12.7 Å². The van der Waals surface area contributed by atoms with Crippen molar-refractivity contribution in [1.29, 1.82) is 0 Å². The lowest BCUT2D eigenvalue weighted by molar-refractivity contribution is 0.0941. The maximum Gasteiger partial charge on any atom is 0.410 e. The number of halogens is 1. The molecule has 3 heterocycles. The minimum Gasteiger partial charge on any atom is -0.445 e. The minimum absolute atomic E-state index is 0.277. The second-order valence-corrected chi connectivity index (χ2v) is 9.52. The fourth-order valence-electron chi connectivity index (χ4n) is 3.64. The Balaban J connectivity index is 1.43. The Kier molecular flexibility index (Phi) is 6.95. The maximum atomic E-state index is 12.5. The number of hydrogen-bond donors (Lipinski definition) is 0. The molecule has 1 saturated heterocycles. The molecule has 1 aliphatic heterocycles. The second-order valence-electron chi connectivity index (χ2n) is 7.57. The van der Waals surface area contributed by atoms with Crippen molar-refractivity contribution < 1.29 is 9.53 Å². The van der Waals surface area contributed by atoms with Gasteiger partial charge in [0.05, 0.1) is 9.88 Å². The number of thiazole rings is 1. The van der Waals surface area contributed by atoms with Gasteiger partial charge in [-0.2, -0.15) is 5.10 Å². The molecular weight excluding hydrogens is 490 g/mol. The van der Waals surface area contributed by atoms with Crippen molar-refractivity contribution in [2.45, 2.75) is 27.0 Å². The number of nitrogens with zero attached hydrogens (tertiary/aromatic N) is 5. The number of aromatic nitrogens is 3. The number of piperazine rings is 1. The van der Waals surface area contributed by atoms with Crippen LogP contribution >= 0.6 is 27.3 Å². The van der Waals surface area contributed by atoms with Crippen LogP contribution in [0.1, 0.15) is 27.9 Å². The average Bonchev–Trinajstić information content (AvgIpc) is 3.40. The van der Waals surface area contributed by atoms with Crippen molar-refractivity contribution in [3.8, 4) is 0 Å². The predicted molar refractivity (Wildman–Crippen MR) is 131 cm³/mol. The van der Waals surface area contributed by atoms with Gasteiger partial charge in [-0.1, -0.05) is 36.9 Å². The second kappa shape index (κ2) is 9.87. The molecule has 1 fully saturated rings. The van der Waals surface area contributed by atoms with E-state index in [0.29, 0.717) is 26.2 Å². The topological polar surface area (TPSA) is 63.5 Å². The number of amides is 1. The molecule has 0 atom stereocenters. The lowest BCUT2D eigenvalue weighted by Crippen LogP contribution is -2.49. The van der Waals surface area contributed by atoms with Crippen LogP contribution in [0.25, 0.3) is 5.57 Å². The summed E-state index contributed by atoms with van der Waals surface area (Å²) in [6.07, 6.45) is 1.76. The Bertz CT molecular complexity index is 1100. The zero-order valence-electron chi connectivity index (χ0n) is 18.3. The highest BCUT2D eigenvalue weighted by atomic mass is 79.9. The fraction of sp³-hybridized carbons (Fsp3) is 0.348. The van der Waals surface area contributed by atoms with E-state index in [1.54, 1.807) is 16.2 Å². The van der Waals surface area contributed by atoms with Crippen molar-refractivity contribution in [3.05, 3.63) is 68.7 Å². The van der Waals surface area contributed by atoms with Crippen LogP contribution in [0.2, 0.25) is 0 Å². The first-order valence-corrected chi connectivity index (χ1v) is 12.2. The normalized spacial score (nSPS) is 14.0. The van der Waals surface area contributed by atoms with E-state index in [1.165, 1.54) is 0 Å². The van der Waals surface area contributed by atoms with Gasteiger partial charge in [-0.25, -0.2) is 9.78 Å². The van der Waals surface area contributed by atoms with Gasteiger partial charge in [-0.3, -0.25) is 4.68 Å². The zero-order chi connectivity index (χ0) is 22.7. The van der Waals surface area contributed by atoms with E-state index in [2.05, 4.69) is 39.3 Å². The number of benzene rings is 1. The van der Waals surface area contributed by atoms with Crippen molar-refractivity contribution in [2.75, 3.05) is 31.1 Å². The smallest absolute Gasteiger partial charge is 0.410 e. The standard InChI is InChI=1S/C23H26BrN5O2S/c1-4-29-14-19(16(2)20-21(24)25-17(3)32-20)22(26-29)27-10-12-28(13-11-27)23(30)31-15-18-8-6-5-7-9-18/h5-9,14H,2,4,10-13,15H2,1,3H3. The molecule has 0 N–H and O–H groups in total. The van der Waals surface area contributed by atoms with Gasteiger partial charge in [0.25, 0.3) is 0 Å². The maximum absolute atomic E-state index is 12.5. The SMILES string of the molecule is C=C(c1cn(CC)nc1N1CCN(C(=O)OCc2ccccc2)CC1)c1sc(C)nc1Br. The van der Waals surface area contributed by atoms with Gasteiger partial charge in [0.2, 0.25) is 0 Å². The summed E-state index contributed by atoms with van der Waals surface area (Å²) in [5.41, 5.74) is 2.88. The molecule has 1 aromatic carbocycles. The highest BCUT2D eigenvalue weighted by Gasteiger charge is 2.27. The predicted octanol–water partition coefficient (Wildman–Crippen LogP) is 4.95. The van der Waals surface area contributed by atoms with Gasteiger partial charge in [-0.15, -0.1) is 11.3 Å². The van der Waals surface area contributed by atoms with Crippen LogP contribution in [0.5, 0.6) is 0 Å². The highest BCUT2D eigenvalue weighted by Crippen LogP contribution is 2.37. The van der Waals surface area contributed by atoms with Crippen LogP contribution in [0, 0.1) is 6.92 Å². The first kappa shape index (κ1) is 22.5. The summed E-state index contributed by atoms with van der Waals surface area (Å²) in [4.78, 5) is 22.0. The molecule has 0 radical (unpaired) electrons. The Labute approximate surface area is 200 Å². The third-order valence-electron chi connectivity index (χ3n) is 5.40. The highest BCUT2D eigenvalue weighted by molar-refractivity contribution is 9.10. The molecule has 9 heteroatoms. The third-order valence-corrected chi connectivity index (χ3v) is 7.27. The number of ether oxygens (including phenoxy) is 1. The van der Waals surface area contributed by atoms with E-state index >= 15 is 0 Å². The minimum atomic E-state index is -0.277. The molecule has 0 saturated carbocycles. The van der Waals surface area contributed by atoms with Gasteiger partial charge in [-0.05, 0) is 40.9 Å². The van der Waals surface area contributed by atoms with E-state index < -0.39 is 0 Å². The van der Waals surface area contributed by atoms with E-state index in [0.717, 1.165) is 43.6 Å². The molecule has 1 amide bonds. The van der Waals surface area contributed by atoms with Gasteiger partial charge in [0.1, 0.15) is 11.2 Å². The Morgan fingerprint density at radius 3 is 2.56 bits per heavy atom. The van der Waals surface area contributed by atoms with Crippen molar-refractivity contribution in [3.63, 3.8) is 0 Å². The largest absolute Gasteiger partial charge is 0.445 e. The summed E-state index contributed by atoms with van der Waals surface area (Å²) in [7, 11) is 0. The van der Waals surface area contributed by atoms with Crippen molar-refractivity contribution in [2.24, 2.45) is 0 Å². The number of anilines is 1. The Morgan fingerprint density at radius 2 is 1.94 bits per heavy atom. The van der Waals surface area contributed by atoms with Gasteiger partial charge >= 0.3 is 6.09 Å². The lowest BCUT2D eigenvalue weighted by atomic mass is 10.1. The molecule has 0 aliphatic carbocycles. The number of carbonyl (C=O) groups excluding carboxylic acids is 1. The molecule has 0 bridgehead atoms. The fourth-order valence-corrected chi connectivity index (χ4v) is 5.30. The lowest BCUT2D eigenvalue weighted by Gasteiger charge is -2.34. The molecule has 0 unspecified atom stereocenters. The van der Waals surface area contributed by atoms with E-state index in [4.69, 9.17) is 9.84 Å². The molecule has 1 aliphatic rings. The molecule has 168 valence electrons. The first-order chi connectivity index (χ1) is 15.5. The first-order valence-electron chi connectivity index (χ1n) is 10.6. The van der Waals surface area contributed by atoms with Crippen LogP contribution in [-0.4, -0.2) is 51.9 Å². The van der Waals surface area contributed by atoms with Crippen LogP contribution in [0.4, 0.5) is 10.6 Å². The summed E-state index contributed by atoms with van der Waals surface area (Å²) in [5, 5.41) is 5.78. The third kappa shape index (κ3) is 4.88. The molecule has 32 heavy (non-hydrogen) atoms. The summed E-state index contributed by atoms with van der Waals surface area (Å²) < 4.78 is 8.23. The molecule has 4 rings (SSSR count). The zero-order valence-corrected chi connectivity index (χ0v) is 20.7. The average molecular weight is 516 g/mol. The number of rotatable bonds is 6. The van der Waals surface area contributed by atoms with E-state index in [9.17, 15) is 4.79 Å². The van der Waals surface area contributed by atoms with Crippen molar-refractivity contribution in [1.82, 2.24) is 19.7 Å². The monoisotopic (exact) mass is 515 g/mol. The summed E-state index contributed by atoms with van der Waals surface area (Å²) in [6, 6.07) is 9.73. The van der Waals surface area contributed by atoms with Gasteiger partial charge in [0, 0.05) is 44.5 Å². The van der Waals surface area contributed by atoms with Crippen LogP contribution < -0.4 is 4.90 Å². The van der Waals surface area contributed by atoms with Crippen molar-refractivity contribution >= 4 is 44.8 Å².